The summed E-state index contributed by atoms with van der Waals surface area (Å²) in [6.45, 7) is 3.59. The van der Waals surface area contributed by atoms with E-state index in [9.17, 15) is 10.0 Å². The van der Waals surface area contributed by atoms with E-state index in [2.05, 4.69) is 26.0 Å². The maximum absolute atomic E-state index is 12.3. The first-order chi connectivity index (χ1) is 12.6. The molecular formula is C18H17N5O2S. The highest BCUT2D eigenvalue weighted by molar-refractivity contribution is 7.22. The third-order valence-corrected chi connectivity index (χ3v) is 4.48. The van der Waals surface area contributed by atoms with Crippen molar-refractivity contribution in [2.24, 2.45) is 10.3 Å². The van der Waals surface area contributed by atoms with Gasteiger partial charge < -0.3 is 10.5 Å². The lowest BCUT2D eigenvalue weighted by Gasteiger charge is -2.06. The number of hydrogen-bond donors (Lipinski definition) is 3. The molecule has 1 aromatic heterocycles. The van der Waals surface area contributed by atoms with Crippen molar-refractivity contribution < 1.29 is 10.0 Å². The average Bonchev–Trinajstić information content (AvgIpc) is 3.03. The van der Waals surface area contributed by atoms with Gasteiger partial charge in [-0.25, -0.2) is 4.98 Å². The van der Waals surface area contributed by atoms with Crippen molar-refractivity contribution >= 4 is 49.7 Å². The highest BCUT2D eigenvalue weighted by atomic mass is 32.1. The van der Waals surface area contributed by atoms with Crippen molar-refractivity contribution in [3.8, 4) is 0 Å². The average molecular weight is 367 g/mol. The number of rotatable bonds is 5. The Morgan fingerprint density at radius 2 is 1.96 bits per heavy atom. The first kappa shape index (κ1) is 17.6. The monoisotopic (exact) mass is 367 g/mol. The number of thiazole rings is 1. The summed E-state index contributed by atoms with van der Waals surface area (Å²) in [6, 6.07) is 14.9. The Hall–Kier alpha value is -3.26. The van der Waals surface area contributed by atoms with E-state index >= 15 is 0 Å². The third kappa shape index (κ3) is 4.04. The van der Waals surface area contributed by atoms with Gasteiger partial charge in [0.05, 0.1) is 15.9 Å². The lowest BCUT2D eigenvalue weighted by atomic mass is 10.2. The van der Waals surface area contributed by atoms with Gasteiger partial charge in [0.25, 0.3) is 5.91 Å². The molecule has 1 amide bonds. The number of carbonyl (C=O) groups excluding carboxylic acids is 1. The number of benzene rings is 2. The van der Waals surface area contributed by atoms with E-state index < -0.39 is 5.91 Å². The minimum atomic E-state index is -0.554. The fourth-order valence-corrected chi connectivity index (χ4v) is 3.16. The number of fused-ring (bicyclic) bond motifs is 1. The molecule has 132 valence electrons. The van der Waals surface area contributed by atoms with E-state index in [1.807, 2.05) is 31.2 Å². The van der Waals surface area contributed by atoms with Crippen LogP contribution in [0, 0.1) is 6.92 Å². The molecule has 0 saturated carbocycles. The summed E-state index contributed by atoms with van der Waals surface area (Å²) >= 11 is 1.45. The van der Waals surface area contributed by atoms with Crippen molar-refractivity contribution in [2.45, 2.75) is 13.8 Å². The second kappa shape index (κ2) is 7.75. The Morgan fingerprint density at radius 1 is 1.19 bits per heavy atom. The summed E-state index contributed by atoms with van der Waals surface area (Å²) in [5.41, 5.74) is 5.48. The Balaban J connectivity index is 1.72. The van der Waals surface area contributed by atoms with Crippen LogP contribution in [0.5, 0.6) is 0 Å². The number of para-hydroxylation sites is 1. The van der Waals surface area contributed by atoms with Gasteiger partial charge in [0.1, 0.15) is 0 Å². The zero-order chi connectivity index (χ0) is 18.5. The number of hydrazone groups is 1. The zero-order valence-corrected chi connectivity index (χ0v) is 15.0. The first-order valence-corrected chi connectivity index (χ1v) is 8.65. The molecule has 1 heterocycles. The van der Waals surface area contributed by atoms with Crippen LogP contribution in [-0.2, 0) is 4.79 Å². The minimum Gasteiger partial charge on any atom is -0.410 e. The van der Waals surface area contributed by atoms with E-state index in [0.717, 1.165) is 15.8 Å². The molecule has 0 aliphatic rings. The van der Waals surface area contributed by atoms with Gasteiger partial charge in [-0.1, -0.05) is 40.8 Å². The van der Waals surface area contributed by atoms with Crippen molar-refractivity contribution in [2.75, 3.05) is 10.7 Å². The van der Waals surface area contributed by atoms with E-state index in [-0.39, 0.29) is 11.4 Å². The van der Waals surface area contributed by atoms with Crippen molar-refractivity contribution in [3.63, 3.8) is 0 Å². The smallest absolute Gasteiger partial charge is 0.279 e. The predicted molar refractivity (Wildman–Crippen MR) is 105 cm³/mol. The molecule has 0 aliphatic carbocycles. The number of nitrogens with zero attached hydrogens (tertiary/aromatic N) is 3. The third-order valence-electron chi connectivity index (χ3n) is 3.55. The SMILES string of the molecule is CC(=N\Nc1nc2ccc(C)cc2s1)/C(=N/O)C(=O)Nc1ccccc1. The van der Waals surface area contributed by atoms with Gasteiger partial charge in [0.2, 0.25) is 5.13 Å². The first-order valence-electron chi connectivity index (χ1n) is 7.83. The number of amides is 1. The maximum atomic E-state index is 12.3. The molecule has 2 aromatic carbocycles. The van der Waals surface area contributed by atoms with Gasteiger partial charge >= 0.3 is 0 Å². The van der Waals surface area contributed by atoms with Crippen LogP contribution >= 0.6 is 11.3 Å². The molecule has 0 atom stereocenters. The fraction of sp³-hybridized carbons (Fsp3) is 0.111. The van der Waals surface area contributed by atoms with Crippen LogP contribution in [-0.4, -0.2) is 27.5 Å². The largest absolute Gasteiger partial charge is 0.410 e. The van der Waals surface area contributed by atoms with Crippen molar-refractivity contribution in [1.29, 1.82) is 0 Å². The summed E-state index contributed by atoms with van der Waals surface area (Å²) in [5.74, 6) is -0.554. The Bertz CT molecular complexity index is 995. The molecule has 0 spiro atoms. The molecule has 3 N–H and O–H groups in total. The molecule has 7 nitrogen and oxygen atoms in total. The summed E-state index contributed by atoms with van der Waals surface area (Å²) in [6.07, 6.45) is 0. The molecule has 0 saturated heterocycles. The molecular weight excluding hydrogens is 350 g/mol. The second-order valence-electron chi connectivity index (χ2n) is 5.57. The highest BCUT2D eigenvalue weighted by Crippen LogP contribution is 2.26. The number of aromatic nitrogens is 1. The van der Waals surface area contributed by atoms with Crippen molar-refractivity contribution in [3.05, 3.63) is 54.1 Å². The number of aryl methyl sites for hydroxylation is 1. The van der Waals surface area contributed by atoms with Crippen LogP contribution < -0.4 is 10.7 Å². The van der Waals surface area contributed by atoms with Gasteiger partial charge in [-0.2, -0.15) is 5.10 Å². The topological polar surface area (TPSA) is 99.0 Å². The number of carbonyl (C=O) groups is 1. The normalized spacial score (nSPS) is 12.2. The molecule has 3 aromatic rings. The summed E-state index contributed by atoms with van der Waals surface area (Å²) < 4.78 is 1.04. The lowest BCUT2D eigenvalue weighted by Crippen LogP contribution is -2.29. The molecule has 0 radical (unpaired) electrons. The van der Waals surface area contributed by atoms with E-state index in [1.54, 1.807) is 31.2 Å². The predicted octanol–water partition coefficient (Wildman–Crippen LogP) is 3.86. The number of hydrogen-bond acceptors (Lipinski definition) is 7. The molecule has 8 heteroatoms. The number of anilines is 2. The number of nitrogens with one attached hydrogen (secondary N) is 2. The summed E-state index contributed by atoms with van der Waals surface area (Å²) in [7, 11) is 0. The van der Waals surface area contributed by atoms with Crippen LogP contribution in [0.2, 0.25) is 0 Å². The standard InChI is InChI=1S/C18H17N5O2S/c1-11-8-9-14-15(10-11)26-18(20-14)22-21-12(2)16(23-25)17(24)19-13-6-4-3-5-7-13/h3-10,25H,1-2H3,(H,19,24)(H,20,22)/b21-12+,23-16-. The van der Waals surface area contributed by atoms with Crippen LogP contribution in [0.4, 0.5) is 10.8 Å². The summed E-state index contributed by atoms with van der Waals surface area (Å²) in [5, 5.41) is 19.6. The second-order valence-corrected chi connectivity index (χ2v) is 6.60. The van der Waals surface area contributed by atoms with Crippen LogP contribution in [0.25, 0.3) is 10.2 Å². The van der Waals surface area contributed by atoms with Crippen molar-refractivity contribution in [1.82, 2.24) is 4.98 Å². The van der Waals surface area contributed by atoms with E-state index in [4.69, 9.17) is 0 Å². The quantitative estimate of drug-likeness (QED) is 0.362. The van der Waals surface area contributed by atoms with Gasteiger partial charge in [0, 0.05) is 5.69 Å². The van der Waals surface area contributed by atoms with Gasteiger partial charge in [-0.15, -0.1) is 0 Å². The Kier molecular flexibility index (Phi) is 5.23. The maximum Gasteiger partial charge on any atom is 0.279 e. The molecule has 3 rings (SSSR count). The van der Waals surface area contributed by atoms with E-state index in [1.165, 1.54) is 11.3 Å². The Labute approximate surface area is 154 Å². The van der Waals surface area contributed by atoms with Gasteiger partial charge in [-0.3, -0.25) is 10.2 Å². The van der Waals surface area contributed by atoms with Crippen LogP contribution in [0.3, 0.4) is 0 Å². The molecule has 0 fully saturated rings. The summed E-state index contributed by atoms with van der Waals surface area (Å²) in [4.78, 5) is 16.7. The Morgan fingerprint density at radius 3 is 2.69 bits per heavy atom. The number of oxime groups is 1. The molecule has 0 unspecified atom stereocenters. The fourth-order valence-electron chi connectivity index (χ4n) is 2.26. The van der Waals surface area contributed by atoms with Crippen LogP contribution in [0.1, 0.15) is 12.5 Å². The molecule has 0 bridgehead atoms. The van der Waals surface area contributed by atoms with Gasteiger partial charge in [0.15, 0.2) is 5.71 Å². The molecule has 0 aliphatic heterocycles. The minimum absolute atomic E-state index is 0.182. The zero-order valence-electron chi connectivity index (χ0n) is 14.2. The highest BCUT2D eigenvalue weighted by Gasteiger charge is 2.16. The molecule has 26 heavy (non-hydrogen) atoms. The van der Waals surface area contributed by atoms with E-state index in [0.29, 0.717) is 10.8 Å². The van der Waals surface area contributed by atoms with Crippen LogP contribution in [0.15, 0.2) is 58.8 Å². The lowest BCUT2D eigenvalue weighted by molar-refractivity contribution is -0.110. The van der Waals surface area contributed by atoms with Gasteiger partial charge in [-0.05, 0) is 43.7 Å².